The Morgan fingerprint density at radius 3 is 2.57 bits per heavy atom. The van der Waals surface area contributed by atoms with Gasteiger partial charge in [-0.05, 0) is 55.8 Å². The zero-order valence-corrected chi connectivity index (χ0v) is 13.9. The van der Waals surface area contributed by atoms with Crippen molar-refractivity contribution in [2.45, 2.75) is 58.4 Å². The first-order valence-corrected chi connectivity index (χ1v) is 8.68. The lowest BCUT2D eigenvalue weighted by molar-refractivity contribution is 0.224. The van der Waals surface area contributed by atoms with Gasteiger partial charge in [-0.15, -0.1) is 0 Å². The van der Waals surface area contributed by atoms with Gasteiger partial charge < -0.3 is 10.1 Å². The second-order valence-electron chi connectivity index (χ2n) is 6.38. The Morgan fingerprint density at radius 2 is 1.95 bits per heavy atom. The molecular formula is C19H31NO. The van der Waals surface area contributed by atoms with Crippen molar-refractivity contribution in [2.24, 2.45) is 11.8 Å². The third kappa shape index (κ3) is 4.47. The van der Waals surface area contributed by atoms with Crippen LogP contribution in [0.2, 0.25) is 0 Å². The van der Waals surface area contributed by atoms with Crippen LogP contribution in [0.25, 0.3) is 0 Å². The molecule has 2 rings (SSSR count). The third-order valence-corrected chi connectivity index (χ3v) is 4.94. The van der Waals surface area contributed by atoms with E-state index in [1.165, 1.54) is 37.7 Å². The van der Waals surface area contributed by atoms with Crippen LogP contribution in [-0.4, -0.2) is 13.7 Å². The smallest absolute Gasteiger partial charge is 0.119 e. The molecule has 1 aliphatic rings. The molecule has 1 unspecified atom stereocenters. The maximum Gasteiger partial charge on any atom is 0.119 e. The van der Waals surface area contributed by atoms with Crippen LogP contribution in [-0.2, 0) is 0 Å². The molecule has 1 aromatic rings. The van der Waals surface area contributed by atoms with E-state index in [0.717, 1.165) is 30.6 Å². The van der Waals surface area contributed by atoms with Crippen LogP contribution in [0.4, 0.5) is 0 Å². The summed E-state index contributed by atoms with van der Waals surface area (Å²) in [7, 11) is 2.09. The summed E-state index contributed by atoms with van der Waals surface area (Å²) in [5.41, 5.74) is 1.38. The van der Waals surface area contributed by atoms with Crippen molar-refractivity contribution >= 4 is 0 Å². The largest absolute Gasteiger partial charge is 0.494 e. The average Bonchev–Trinajstić information content (AvgIpc) is 2.55. The summed E-state index contributed by atoms with van der Waals surface area (Å²) in [6, 6.07) is 9.13. The van der Waals surface area contributed by atoms with Gasteiger partial charge in [0, 0.05) is 6.04 Å². The van der Waals surface area contributed by atoms with Crippen LogP contribution in [0.3, 0.4) is 0 Å². The molecule has 21 heavy (non-hydrogen) atoms. The molecule has 118 valence electrons. The van der Waals surface area contributed by atoms with Crippen LogP contribution < -0.4 is 10.1 Å². The summed E-state index contributed by atoms with van der Waals surface area (Å²) in [5, 5.41) is 3.55. The van der Waals surface area contributed by atoms with Gasteiger partial charge in [-0.1, -0.05) is 45.2 Å². The van der Waals surface area contributed by atoms with Crippen LogP contribution in [0.1, 0.15) is 64.0 Å². The topological polar surface area (TPSA) is 21.3 Å². The normalized spacial score (nSPS) is 23.8. The molecule has 1 aromatic carbocycles. The second kappa shape index (κ2) is 8.43. The highest BCUT2D eigenvalue weighted by atomic mass is 16.5. The predicted octanol–water partition coefficient (Wildman–Crippen LogP) is 4.95. The summed E-state index contributed by atoms with van der Waals surface area (Å²) >= 11 is 0. The van der Waals surface area contributed by atoms with Crippen LogP contribution >= 0.6 is 0 Å². The molecule has 0 bridgehead atoms. The maximum atomic E-state index is 5.78. The summed E-state index contributed by atoms with van der Waals surface area (Å²) in [6.07, 6.45) is 7.89. The van der Waals surface area contributed by atoms with Crippen molar-refractivity contribution in [2.75, 3.05) is 13.7 Å². The Kier molecular flexibility index (Phi) is 6.56. The fourth-order valence-electron chi connectivity index (χ4n) is 3.62. The lowest BCUT2D eigenvalue weighted by Gasteiger charge is -2.34. The molecule has 1 saturated carbocycles. The Bertz CT molecular complexity index is 410. The number of hydrogen-bond acceptors (Lipinski definition) is 2. The van der Waals surface area contributed by atoms with E-state index in [0.29, 0.717) is 6.04 Å². The Hall–Kier alpha value is -1.02. The minimum atomic E-state index is 0.466. The van der Waals surface area contributed by atoms with E-state index in [2.05, 4.69) is 50.5 Å². The number of rotatable bonds is 7. The average molecular weight is 289 g/mol. The standard InChI is InChI=1S/C19H31NO/c1-4-13-21-18-8-6-7-17(14-18)19(20-3)16-11-9-15(5-2)10-12-16/h6-8,14-16,19-20H,4-5,9-13H2,1-3H3. The molecule has 0 aliphatic heterocycles. The SMILES string of the molecule is CCCOc1cccc(C(NC)C2CCC(CC)CC2)c1. The van der Waals surface area contributed by atoms with Gasteiger partial charge in [0.05, 0.1) is 6.61 Å². The summed E-state index contributed by atoms with van der Waals surface area (Å²) in [5.74, 6) is 2.73. The van der Waals surface area contributed by atoms with Gasteiger partial charge >= 0.3 is 0 Å². The fraction of sp³-hybridized carbons (Fsp3) is 0.684. The molecule has 1 N–H and O–H groups in total. The Morgan fingerprint density at radius 1 is 1.19 bits per heavy atom. The number of hydrogen-bond donors (Lipinski definition) is 1. The first-order valence-electron chi connectivity index (χ1n) is 8.68. The van der Waals surface area contributed by atoms with Crippen LogP contribution in [0, 0.1) is 11.8 Å². The molecule has 0 spiro atoms. The molecule has 1 aliphatic carbocycles. The summed E-state index contributed by atoms with van der Waals surface area (Å²) in [6.45, 7) is 5.27. The first kappa shape index (κ1) is 16.4. The van der Waals surface area contributed by atoms with Crippen LogP contribution in [0.15, 0.2) is 24.3 Å². The molecular weight excluding hydrogens is 258 g/mol. The number of benzene rings is 1. The van der Waals surface area contributed by atoms with Gasteiger partial charge in [0.1, 0.15) is 5.75 Å². The Balaban J connectivity index is 2.03. The molecule has 0 heterocycles. The quantitative estimate of drug-likeness (QED) is 0.766. The van der Waals surface area contributed by atoms with Crippen LogP contribution in [0.5, 0.6) is 5.75 Å². The second-order valence-corrected chi connectivity index (χ2v) is 6.38. The molecule has 1 atom stereocenters. The van der Waals surface area contributed by atoms with Crippen molar-refractivity contribution in [1.29, 1.82) is 0 Å². The maximum absolute atomic E-state index is 5.78. The van der Waals surface area contributed by atoms with E-state index in [1.54, 1.807) is 0 Å². The van der Waals surface area contributed by atoms with Crippen molar-refractivity contribution in [3.8, 4) is 5.75 Å². The van der Waals surface area contributed by atoms with Gasteiger partial charge in [-0.25, -0.2) is 0 Å². The van der Waals surface area contributed by atoms with Crippen molar-refractivity contribution in [3.63, 3.8) is 0 Å². The predicted molar refractivity (Wildman–Crippen MR) is 89.8 cm³/mol. The molecule has 0 amide bonds. The summed E-state index contributed by atoms with van der Waals surface area (Å²) in [4.78, 5) is 0. The number of nitrogens with one attached hydrogen (secondary N) is 1. The van der Waals surface area contributed by atoms with E-state index in [-0.39, 0.29) is 0 Å². The molecule has 0 saturated heterocycles. The molecule has 0 radical (unpaired) electrons. The highest BCUT2D eigenvalue weighted by molar-refractivity contribution is 5.31. The lowest BCUT2D eigenvalue weighted by atomic mass is 9.76. The van der Waals surface area contributed by atoms with Crippen molar-refractivity contribution in [1.82, 2.24) is 5.32 Å². The van der Waals surface area contributed by atoms with E-state index in [1.807, 2.05) is 0 Å². The van der Waals surface area contributed by atoms with Gasteiger partial charge in [0.15, 0.2) is 0 Å². The highest BCUT2D eigenvalue weighted by Crippen LogP contribution is 2.38. The van der Waals surface area contributed by atoms with Crippen molar-refractivity contribution < 1.29 is 4.74 Å². The van der Waals surface area contributed by atoms with E-state index >= 15 is 0 Å². The molecule has 0 aromatic heterocycles. The van der Waals surface area contributed by atoms with E-state index in [4.69, 9.17) is 4.74 Å². The fourth-order valence-corrected chi connectivity index (χ4v) is 3.62. The highest BCUT2D eigenvalue weighted by Gasteiger charge is 2.27. The van der Waals surface area contributed by atoms with Gasteiger partial charge in [-0.3, -0.25) is 0 Å². The monoisotopic (exact) mass is 289 g/mol. The van der Waals surface area contributed by atoms with Crippen molar-refractivity contribution in [3.05, 3.63) is 29.8 Å². The van der Waals surface area contributed by atoms with E-state index in [9.17, 15) is 0 Å². The lowest BCUT2D eigenvalue weighted by Crippen LogP contribution is -2.28. The molecule has 2 heteroatoms. The zero-order valence-electron chi connectivity index (χ0n) is 13.9. The minimum Gasteiger partial charge on any atom is -0.494 e. The third-order valence-electron chi connectivity index (χ3n) is 4.94. The van der Waals surface area contributed by atoms with E-state index < -0.39 is 0 Å². The van der Waals surface area contributed by atoms with Gasteiger partial charge in [0.25, 0.3) is 0 Å². The molecule has 1 fully saturated rings. The molecule has 2 nitrogen and oxygen atoms in total. The number of ether oxygens (including phenoxy) is 1. The van der Waals surface area contributed by atoms with Gasteiger partial charge in [0.2, 0.25) is 0 Å². The zero-order chi connectivity index (χ0) is 15.1. The Labute approximate surface area is 130 Å². The minimum absolute atomic E-state index is 0.466. The summed E-state index contributed by atoms with van der Waals surface area (Å²) < 4.78 is 5.78. The van der Waals surface area contributed by atoms with Gasteiger partial charge in [-0.2, -0.15) is 0 Å². The first-order chi connectivity index (χ1) is 10.3.